The zero-order chi connectivity index (χ0) is 14.8. The summed E-state index contributed by atoms with van der Waals surface area (Å²) in [6.45, 7) is 2.72. The minimum absolute atomic E-state index is 0.550. The molecule has 3 aromatic rings. The molecule has 0 aliphatic carbocycles. The summed E-state index contributed by atoms with van der Waals surface area (Å²) in [5.74, 6) is 2.44. The van der Waals surface area contributed by atoms with E-state index < -0.39 is 0 Å². The van der Waals surface area contributed by atoms with E-state index in [0.717, 1.165) is 36.8 Å². The smallest absolute Gasteiger partial charge is 0.137 e. The van der Waals surface area contributed by atoms with E-state index in [9.17, 15) is 0 Å². The van der Waals surface area contributed by atoms with Crippen LogP contribution in [0, 0.1) is 5.92 Å². The number of nitrogens with zero attached hydrogens (tertiary/aromatic N) is 3. The van der Waals surface area contributed by atoms with E-state index >= 15 is 0 Å². The molecule has 0 unspecified atom stereocenters. The van der Waals surface area contributed by atoms with Crippen LogP contribution in [0.4, 0.5) is 5.82 Å². The largest absolute Gasteiger partial charge is 0.492 e. The molecule has 3 heterocycles. The lowest BCUT2D eigenvalue weighted by Crippen LogP contribution is -2.49. The molecule has 4 nitrogen and oxygen atoms in total. The zero-order valence-electron chi connectivity index (χ0n) is 12.2. The number of aromatic nitrogens is 2. The first-order valence-corrected chi connectivity index (χ1v) is 7.52. The predicted molar refractivity (Wildman–Crippen MR) is 87.2 cm³/mol. The lowest BCUT2D eigenvalue weighted by molar-refractivity contribution is 0.219. The standard InChI is InChI=1S/C18H17N3O/c1-2-6-17-15(4-1)7-8-18(20-17)21-11-14(12-21)13-22-16-5-3-9-19-10-16/h1-10,14H,11-13H2. The number of anilines is 1. The Kier molecular flexibility index (Phi) is 3.35. The Bertz CT molecular complexity index is 769. The number of pyridine rings is 2. The Morgan fingerprint density at radius 3 is 2.82 bits per heavy atom. The third-order valence-electron chi connectivity index (χ3n) is 3.98. The van der Waals surface area contributed by atoms with Gasteiger partial charge in [-0.1, -0.05) is 18.2 Å². The first-order valence-electron chi connectivity index (χ1n) is 7.52. The van der Waals surface area contributed by atoms with Crippen molar-refractivity contribution in [3.63, 3.8) is 0 Å². The van der Waals surface area contributed by atoms with Gasteiger partial charge in [0.25, 0.3) is 0 Å². The van der Waals surface area contributed by atoms with Crippen LogP contribution in [0.1, 0.15) is 0 Å². The summed E-state index contributed by atoms with van der Waals surface area (Å²) >= 11 is 0. The monoisotopic (exact) mass is 291 g/mol. The summed E-state index contributed by atoms with van der Waals surface area (Å²) in [5, 5.41) is 1.18. The van der Waals surface area contributed by atoms with E-state index in [1.807, 2.05) is 24.3 Å². The molecular weight excluding hydrogens is 274 g/mol. The normalized spacial score (nSPS) is 14.8. The molecular formula is C18H17N3O. The highest BCUT2D eigenvalue weighted by Crippen LogP contribution is 2.25. The number of hydrogen-bond donors (Lipinski definition) is 0. The molecule has 1 saturated heterocycles. The molecule has 1 fully saturated rings. The van der Waals surface area contributed by atoms with Crippen molar-refractivity contribution in [1.29, 1.82) is 0 Å². The van der Waals surface area contributed by atoms with Gasteiger partial charge in [0.2, 0.25) is 0 Å². The second-order valence-corrected chi connectivity index (χ2v) is 5.63. The third kappa shape index (κ3) is 2.60. The van der Waals surface area contributed by atoms with Crippen molar-refractivity contribution in [1.82, 2.24) is 9.97 Å². The van der Waals surface area contributed by atoms with Crippen LogP contribution in [-0.4, -0.2) is 29.7 Å². The predicted octanol–water partition coefficient (Wildman–Crippen LogP) is 3.15. The lowest BCUT2D eigenvalue weighted by Gasteiger charge is -2.40. The van der Waals surface area contributed by atoms with Gasteiger partial charge in [0.1, 0.15) is 11.6 Å². The van der Waals surface area contributed by atoms with Crippen molar-refractivity contribution in [3.8, 4) is 5.75 Å². The Labute approximate surface area is 129 Å². The number of hydrogen-bond acceptors (Lipinski definition) is 4. The van der Waals surface area contributed by atoms with Crippen molar-refractivity contribution in [2.24, 2.45) is 5.92 Å². The highest BCUT2D eigenvalue weighted by Gasteiger charge is 2.28. The number of benzene rings is 1. The van der Waals surface area contributed by atoms with Gasteiger partial charge in [0.15, 0.2) is 0 Å². The van der Waals surface area contributed by atoms with Gasteiger partial charge < -0.3 is 9.64 Å². The molecule has 2 aromatic heterocycles. The fraction of sp³-hybridized carbons (Fsp3) is 0.222. The van der Waals surface area contributed by atoms with E-state index in [1.165, 1.54) is 5.39 Å². The Morgan fingerprint density at radius 1 is 1.05 bits per heavy atom. The Morgan fingerprint density at radius 2 is 1.95 bits per heavy atom. The highest BCUT2D eigenvalue weighted by atomic mass is 16.5. The van der Waals surface area contributed by atoms with Gasteiger partial charge in [-0.05, 0) is 30.3 Å². The molecule has 1 aliphatic heterocycles. The van der Waals surface area contributed by atoms with Gasteiger partial charge in [-0.3, -0.25) is 4.98 Å². The summed E-state index contributed by atoms with van der Waals surface area (Å²) < 4.78 is 5.75. The van der Waals surface area contributed by atoms with E-state index in [4.69, 9.17) is 9.72 Å². The molecule has 1 aliphatic rings. The molecule has 0 N–H and O–H groups in total. The van der Waals surface area contributed by atoms with Crippen LogP contribution in [0.5, 0.6) is 5.75 Å². The molecule has 0 bridgehead atoms. The summed E-state index contributed by atoms with van der Waals surface area (Å²) in [4.78, 5) is 11.1. The average Bonchev–Trinajstić information content (AvgIpc) is 2.54. The van der Waals surface area contributed by atoms with Gasteiger partial charge in [-0.25, -0.2) is 4.98 Å². The third-order valence-corrected chi connectivity index (χ3v) is 3.98. The van der Waals surface area contributed by atoms with Crippen LogP contribution >= 0.6 is 0 Å². The fourth-order valence-electron chi connectivity index (χ4n) is 2.74. The van der Waals surface area contributed by atoms with E-state index in [1.54, 1.807) is 12.4 Å². The van der Waals surface area contributed by atoms with Crippen molar-refractivity contribution < 1.29 is 4.74 Å². The summed E-state index contributed by atoms with van der Waals surface area (Å²) in [6.07, 6.45) is 3.50. The zero-order valence-corrected chi connectivity index (χ0v) is 12.2. The molecule has 0 amide bonds. The molecule has 4 heteroatoms. The van der Waals surface area contributed by atoms with E-state index in [2.05, 4.69) is 34.1 Å². The second kappa shape index (κ2) is 5.64. The van der Waals surface area contributed by atoms with Gasteiger partial charge >= 0.3 is 0 Å². The minimum Gasteiger partial charge on any atom is -0.492 e. The van der Waals surface area contributed by atoms with E-state index in [0.29, 0.717) is 5.92 Å². The molecule has 0 spiro atoms. The van der Waals surface area contributed by atoms with Gasteiger partial charge in [0, 0.05) is 30.6 Å². The maximum Gasteiger partial charge on any atom is 0.137 e. The Hall–Kier alpha value is -2.62. The molecule has 1 aromatic carbocycles. The SMILES string of the molecule is c1cncc(OCC2CN(c3ccc4ccccc4n3)C2)c1. The van der Waals surface area contributed by atoms with Crippen LogP contribution in [0.3, 0.4) is 0 Å². The summed E-state index contributed by atoms with van der Waals surface area (Å²) in [5.41, 5.74) is 1.05. The number of para-hydroxylation sites is 1. The average molecular weight is 291 g/mol. The van der Waals surface area contributed by atoms with Crippen LogP contribution in [0.25, 0.3) is 10.9 Å². The Balaban J connectivity index is 1.36. The van der Waals surface area contributed by atoms with Crippen molar-refractivity contribution in [2.75, 3.05) is 24.6 Å². The molecule has 0 radical (unpaired) electrons. The fourth-order valence-corrected chi connectivity index (χ4v) is 2.74. The molecule has 110 valence electrons. The summed E-state index contributed by atoms with van der Waals surface area (Å²) in [6, 6.07) is 16.3. The topological polar surface area (TPSA) is 38.2 Å². The van der Waals surface area contributed by atoms with Crippen molar-refractivity contribution in [3.05, 3.63) is 60.9 Å². The maximum atomic E-state index is 5.75. The first kappa shape index (κ1) is 13.1. The molecule has 22 heavy (non-hydrogen) atoms. The van der Waals surface area contributed by atoms with Crippen molar-refractivity contribution in [2.45, 2.75) is 0 Å². The maximum absolute atomic E-state index is 5.75. The van der Waals surface area contributed by atoms with E-state index in [-0.39, 0.29) is 0 Å². The molecule has 0 atom stereocenters. The van der Waals surface area contributed by atoms with Gasteiger partial charge in [0.05, 0.1) is 18.3 Å². The minimum atomic E-state index is 0.550. The second-order valence-electron chi connectivity index (χ2n) is 5.63. The lowest BCUT2D eigenvalue weighted by atomic mass is 10.0. The van der Waals surface area contributed by atoms with Crippen molar-refractivity contribution >= 4 is 16.7 Å². The summed E-state index contributed by atoms with van der Waals surface area (Å²) in [7, 11) is 0. The van der Waals surface area contributed by atoms with Gasteiger partial charge in [-0.15, -0.1) is 0 Å². The number of ether oxygens (including phenoxy) is 1. The molecule has 0 saturated carbocycles. The van der Waals surface area contributed by atoms with Crippen LogP contribution in [0.2, 0.25) is 0 Å². The van der Waals surface area contributed by atoms with Gasteiger partial charge in [-0.2, -0.15) is 0 Å². The van der Waals surface area contributed by atoms with Crippen LogP contribution < -0.4 is 9.64 Å². The van der Waals surface area contributed by atoms with Crippen LogP contribution in [0.15, 0.2) is 60.9 Å². The number of rotatable bonds is 4. The van der Waals surface area contributed by atoms with Crippen LogP contribution in [-0.2, 0) is 0 Å². The highest BCUT2D eigenvalue weighted by molar-refractivity contribution is 5.80. The molecule has 4 rings (SSSR count). The number of fused-ring (bicyclic) bond motifs is 1. The first-order chi connectivity index (χ1) is 10.9. The quantitative estimate of drug-likeness (QED) is 0.740.